The van der Waals surface area contributed by atoms with Crippen LogP contribution in [0.1, 0.15) is 27.7 Å². The molecule has 1 aliphatic heterocycles. The Morgan fingerprint density at radius 1 is 1.33 bits per heavy atom. The fraction of sp³-hybridized carbons (Fsp3) is 0.368. The predicted octanol–water partition coefficient (Wildman–Crippen LogP) is 3.06. The lowest BCUT2D eigenvalue weighted by atomic mass is 10.0. The van der Waals surface area contributed by atoms with E-state index in [9.17, 15) is 4.79 Å². The van der Waals surface area contributed by atoms with Crippen LogP contribution in [-0.4, -0.2) is 55.5 Å². The smallest absolute Gasteiger partial charge is 0.197 e. The highest BCUT2D eigenvalue weighted by Crippen LogP contribution is 2.38. The van der Waals surface area contributed by atoms with Gasteiger partial charge in [0.2, 0.25) is 0 Å². The molecule has 1 aromatic carbocycles. The van der Waals surface area contributed by atoms with Crippen molar-refractivity contribution in [3.05, 3.63) is 51.4 Å². The van der Waals surface area contributed by atoms with E-state index in [1.54, 1.807) is 23.5 Å². The number of carbonyl (C=O) groups excluding carboxylic acids is 1. The number of amidine groups is 1. The lowest BCUT2D eigenvalue weighted by Gasteiger charge is -2.34. The third-order valence-electron chi connectivity index (χ3n) is 4.45. The standard InChI is InChI=1S/C19H24ClN5OS/c1-5-12-10-14(17(26)13-8-6-7-9-15(13)20)18(27-12)25-16(11-21)22-24(4)19(25)23(2)3/h6-10,19H,5,11,21H2,1-4H3. The predicted molar refractivity (Wildman–Crippen MR) is 113 cm³/mol. The van der Waals surface area contributed by atoms with Crippen LogP contribution in [-0.2, 0) is 6.42 Å². The fourth-order valence-electron chi connectivity index (χ4n) is 3.25. The van der Waals surface area contributed by atoms with Crippen LogP contribution in [0.25, 0.3) is 0 Å². The van der Waals surface area contributed by atoms with Gasteiger partial charge in [-0.25, -0.2) is 0 Å². The minimum Gasteiger partial charge on any atom is -0.324 e. The first-order valence-corrected chi connectivity index (χ1v) is 9.96. The summed E-state index contributed by atoms with van der Waals surface area (Å²) in [6, 6.07) is 9.10. The number of aryl methyl sites for hydroxylation is 1. The zero-order valence-corrected chi connectivity index (χ0v) is 17.5. The molecule has 0 bridgehead atoms. The Balaban J connectivity index is 2.13. The monoisotopic (exact) mass is 405 g/mol. The number of halogens is 1. The van der Waals surface area contributed by atoms with Crippen LogP contribution in [0, 0.1) is 0 Å². The summed E-state index contributed by atoms with van der Waals surface area (Å²) in [7, 11) is 5.87. The number of hydrazone groups is 1. The molecule has 8 heteroatoms. The highest BCUT2D eigenvalue weighted by molar-refractivity contribution is 7.16. The van der Waals surface area contributed by atoms with E-state index in [4.69, 9.17) is 17.3 Å². The molecule has 2 N–H and O–H groups in total. The SMILES string of the molecule is CCc1cc(C(=O)c2ccccc2Cl)c(N2C(CN)=NN(C)C2N(C)C)s1. The second-order valence-corrected chi connectivity index (χ2v) is 8.09. The van der Waals surface area contributed by atoms with Gasteiger partial charge in [0.25, 0.3) is 0 Å². The molecule has 27 heavy (non-hydrogen) atoms. The maximum atomic E-state index is 13.3. The van der Waals surface area contributed by atoms with E-state index in [0.29, 0.717) is 16.1 Å². The molecule has 1 aliphatic rings. The third-order valence-corrected chi connectivity index (χ3v) is 6.06. The molecule has 0 aliphatic carbocycles. The number of hydrogen-bond acceptors (Lipinski definition) is 7. The van der Waals surface area contributed by atoms with E-state index in [2.05, 4.69) is 12.0 Å². The lowest BCUT2D eigenvalue weighted by molar-refractivity contribution is 0.103. The summed E-state index contributed by atoms with van der Waals surface area (Å²) in [4.78, 5) is 18.5. The van der Waals surface area contributed by atoms with Gasteiger partial charge in [-0.3, -0.25) is 19.6 Å². The maximum Gasteiger partial charge on any atom is 0.197 e. The third kappa shape index (κ3) is 3.60. The van der Waals surface area contributed by atoms with Crippen molar-refractivity contribution < 1.29 is 4.79 Å². The van der Waals surface area contributed by atoms with E-state index >= 15 is 0 Å². The van der Waals surface area contributed by atoms with E-state index < -0.39 is 0 Å². The molecule has 6 nitrogen and oxygen atoms in total. The van der Waals surface area contributed by atoms with Crippen molar-refractivity contribution in [3.8, 4) is 0 Å². The van der Waals surface area contributed by atoms with Gasteiger partial charge in [0, 0.05) is 17.5 Å². The zero-order chi connectivity index (χ0) is 19.7. The minimum absolute atomic E-state index is 0.0880. The zero-order valence-electron chi connectivity index (χ0n) is 15.9. The molecule has 0 amide bonds. The summed E-state index contributed by atoms with van der Waals surface area (Å²) >= 11 is 7.89. The van der Waals surface area contributed by atoms with Gasteiger partial charge in [0.05, 0.1) is 17.1 Å². The Hall–Kier alpha value is -1.93. The lowest BCUT2D eigenvalue weighted by Crippen LogP contribution is -2.51. The number of anilines is 1. The molecular weight excluding hydrogens is 382 g/mol. The van der Waals surface area contributed by atoms with Gasteiger partial charge in [-0.05, 0) is 38.7 Å². The van der Waals surface area contributed by atoms with Crippen molar-refractivity contribution in [2.24, 2.45) is 10.8 Å². The average Bonchev–Trinajstić information content (AvgIpc) is 3.21. The average molecular weight is 406 g/mol. The van der Waals surface area contributed by atoms with Crippen LogP contribution in [0.5, 0.6) is 0 Å². The van der Waals surface area contributed by atoms with Gasteiger partial charge >= 0.3 is 0 Å². The van der Waals surface area contributed by atoms with Gasteiger partial charge in [0.15, 0.2) is 12.1 Å². The number of nitrogens with two attached hydrogens (primary N) is 1. The van der Waals surface area contributed by atoms with E-state index in [1.165, 1.54) is 0 Å². The number of rotatable bonds is 6. The molecule has 1 unspecified atom stereocenters. The normalized spacial score (nSPS) is 17.0. The Morgan fingerprint density at radius 3 is 2.63 bits per heavy atom. The van der Waals surface area contributed by atoms with Crippen molar-refractivity contribution >= 4 is 39.6 Å². The summed E-state index contributed by atoms with van der Waals surface area (Å²) in [6.07, 6.45) is 0.698. The summed E-state index contributed by atoms with van der Waals surface area (Å²) in [5, 5.41) is 7.73. The van der Waals surface area contributed by atoms with Crippen LogP contribution < -0.4 is 10.6 Å². The summed E-state index contributed by atoms with van der Waals surface area (Å²) < 4.78 is 0. The summed E-state index contributed by atoms with van der Waals surface area (Å²) in [6.45, 7) is 2.37. The Bertz CT molecular complexity index is 879. The first-order valence-electron chi connectivity index (χ1n) is 8.77. The second kappa shape index (κ2) is 7.98. The molecule has 2 heterocycles. The van der Waals surface area contributed by atoms with Crippen molar-refractivity contribution in [2.45, 2.75) is 19.6 Å². The number of ketones is 1. The number of nitrogens with zero attached hydrogens (tertiary/aromatic N) is 4. The van der Waals surface area contributed by atoms with Crippen LogP contribution in [0.3, 0.4) is 0 Å². The molecule has 0 spiro atoms. The van der Waals surface area contributed by atoms with Crippen molar-refractivity contribution in [2.75, 3.05) is 32.6 Å². The molecule has 2 aromatic rings. The molecule has 1 aromatic heterocycles. The van der Waals surface area contributed by atoms with Crippen molar-refractivity contribution in [1.29, 1.82) is 0 Å². The highest BCUT2D eigenvalue weighted by atomic mass is 35.5. The molecular formula is C19H24ClN5OS. The van der Waals surface area contributed by atoms with Crippen molar-refractivity contribution in [1.82, 2.24) is 9.91 Å². The fourth-order valence-corrected chi connectivity index (χ4v) is 4.60. The Labute approximate surface area is 168 Å². The highest BCUT2D eigenvalue weighted by Gasteiger charge is 2.37. The number of carbonyl (C=O) groups is 1. The van der Waals surface area contributed by atoms with Crippen molar-refractivity contribution in [3.63, 3.8) is 0 Å². The molecule has 1 atom stereocenters. The van der Waals surface area contributed by atoms with Gasteiger partial charge in [0.1, 0.15) is 10.8 Å². The Morgan fingerprint density at radius 2 is 2.04 bits per heavy atom. The summed E-state index contributed by atoms with van der Waals surface area (Å²) in [5.41, 5.74) is 7.10. The van der Waals surface area contributed by atoms with Gasteiger partial charge < -0.3 is 5.73 Å². The number of benzene rings is 1. The first kappa shape index (κ1) is 19.8. The van der Waals surface area contributed by atoms with Gasteiger partial charge in [-0.15, -0.1) is 11.3 Å². The van der Waals surface area contributed by atoms with E-state index in [-0.39, 0.29) is 18.6 Å². The first-order chi connectivity index (χ1) is 12.9. The quantitative estimate of drug-likeness (QED) is 0.748. The minimum atomic E-state index is -0.148. The molecule has 0 saturated heterocycles. The molecule has 144 valence electrons. The van der Waals surface area contributed by atoms with Gasteiger partial charge in [-0.1, -0.05) is 30.7 Å². The van der Waals surface area contributed by atoms with E-state index in [0.717, 1.165) is 22.1 Å². The van der Waals surface area contributed by atoms with Gasteiger partial charge in [-0.2, -0.15) is 5.10 Å². The maximum absolute atomic E-state index is 13.3. The molecule has 0 saturated carbocycles. The number of thiophene rings is 1. The topological polar surface area (TPSA) is 65.2 Å². The number of hydrogen-bond donors (Lipinski definition) is 1. The van der Waals surface area contributed by atoms with Crippen LogP contribution >= 0.6 is 22.9 Å². The van der Waals surface area contributed by atoms with Crippen LogP contribution in [0.15, 0.2) is 35.4 Å². The van der Waals surface area contributed by atoms with E-state index in [1.807, 2.05) is 54.2 Å². The van der Waals surface area contributed by atoms with Crippen LogP contribution in [0.4, 0.5) is 5.00 Å². The second-order valence-electron chi connectivity index (χ2n) is 6.57. The Kier molecular flexibility index (Phi) is 5.86. The molecule has 0 radical (unpaired) electrons. The summed E-state index contributed by atoms with van der Waals surface area (Å²) in [5.74, 6) is 0.642. The molecule has 0 fully saturated rings. The molecule has 3 rings (SSSR count). The largest absolute Gasteiger partial charge is 0.324 e. The van der Waals surface area contributed by atoms with Crippen LogP contribution in [0.2, 0.25) is 5.02 Å².